The van der Waals surface area contributed by atoms with Crippen molar-refractivity contribution in [1.29, 1.82) is 0 Å². The summed E-state index contributed by atoms with van der Waals surface area (Å²) in [5.74, 6) is 6.65. The lowest BCUT2D eigenvalue weighted by molar-refractivity contribution is 0.427. The molecule has 0 N–H and O–H groups in total. The summed E-state index contributed by atoms with van der Waals surface area (Å²) in [5.41, 5.74) is 2.93. The van der Waals surface area contributed by atoms with Crippen LogP contribution < -0.4 is 0 Å². The summed E-state index contributed by atoms with van der Waals surface area (Å²) >= 11 is 0. The quantitative estimate of drug-likeness (QED) is 0.687. The lowest BCUT2D eigenvalue weighted by atomic mass is 10.1. The maximum atomic E-state index is 5.16. The number of nitrogens with zero attached hydrogens (tertiary/aromatic N) is 1. The molecule has 0 fully saturated rings. The summed E-state index contributed by atoms with van der Waals surface area (Å²) in [5, 5.41) is 3.85. The van der Waals surface area contributed by atoms with E-state index in [9.17, 15) is 0 Å². The predicted octanol–water partition coefficient (Wildman–Crippen LogP) is 4.05. The summed E-state index contributed by atoms with van der Waals surface area (Å²) in [6.07, 6.45) is 0. The third-order valence-electron chi connectivity index (χ3n) is 2.07. The van der Waals surface area contributed by atoms with Crippen molar-refractivity contribution in [3.63, 3.8) is 0 Å². The molecule has 0 aliphatic carbocycles. The van der Waals surface area contributed by atoms with Crippen LogP contribution in [0.2, 0.25) is 0 Å². The van der Waals surface area contributed by atoms with Crippen LogP contribution in [0.4, 0.5) is 0 Å². The van der Waals surface area contributed by atoms with Gasteiger partial charge in [-0.15, -0.1) is 5.92 Å². The van der Waals surface area contributed by atoms with Gasteiger partial charge in [-0.1, -0.05) is 24.9 Å². The molecule has 0 aliphatic heterocycles. The van der Waals surface area contributed by atoms with Crippen LogP contribution in [0.3, 0.4) is 0 Å². The lowest BCUT2D eigenvalue weighted by Gasteiger charge is -1.94. The van der Waals surface area contributed by atoms with Gasteiger partial charge in [-0.25, -0.2) is 0 Å². The van der Waals surface area contributed by atoms with E-state index in [2.05, 4.69) is 17.0 Å². The maximum Gasteiger partial charge on any atom is 0.167 e. The molecular weight excluding hydrogens is 210 g/mol. The van der Waals surface area contributed by atoms with Gasteiger partial charge in [-0.2, -0.15) is 0 Å². The Kier molecular flexibility index (Phi) is 5.03. The molecule has 2 rings (SSSR count). The fourth-order valence-electron chi connectivity index (χ4n) is 1.36. The highest BCUT2D eigenvalue weighted by Crippen LogP contribution is 2.20. The Labute approximate surface area is 103 Å². The summed E-state index contributed by atoms with van der Waals surface area (Å²) in [6.45, 7) is 7.73. The standard InChI is InChI=1S/C13H11NO.C2H6/c1-3-4-11-5-7-12(8-6-11)13-9-10(2)14-15-13;1-2/h5-9H,1-2H3;1-2H3. The number of aryl methyl sites for hydroxylation is 1. The van der Waals surface area contributed by atoms with E-state index in [0.29, 0.717) is 0 Å². The molecule has 1 aromatic heterocycles. The average Bonchev–Trinajstić information content (AvgIpc) is 2.80. The van der Waals surface area contributed by atoms with Gasteiger partial charge in [-0.3, -0.25) is 0 Å². The first-order chi connectivity index (χ1) is 8.29. The van der Waals surface area contributed by atoms with Crippen molar-refractivity contribution in [2.24, 2.45) is 0 Å². The van der Waals surface area contributed by atoms with Crippen LogP contribution in [0.1, 0.15) is 32.0 Å². The molecule has 2 nitrogen and oxygen atoms in total. The molecule has 88 valence electrons. The monoisotopic (exact) mass is 227 g/mol. The third kappa shape index (κ3) is 3.49. The second-order valence-corrected chi connectivity index (χ2v) is 3.28. The van der Waals surface area contributed by atoms with E-state index in [-0.39, 0.29) is 0 Å². The minimum atomic E-state index is 0.795. The minimum Gasteiger partial charge on any atom is -0.356 e. The highest BCUT2D eigenvalue weighted by Gasteiger charge is 2.02. The summed E-state index contributed by atoms with van der Waals surface area (Å²) < 4.78 is 5.16. The van der Waals surface area contributed by atoms with Crippen molar-refractivity contribution < 1.29 is 4.52 Å². The first-order valence-electron chi connectivity index (χ1n) is 5.76. The third-order valence-corrected chi connectivity index (χ3v) is 2.07. The molecule has 0 saturated heterocycles. The largest absolute Gasteiger partial charge is 0.356 e. The van der Waals surface area contributed by atoms with Crippen LogP contribution in [0.25, 0.3) is 11.3 Å². The van der Waals surface area contributed by atoms with Gasteiger partial charge in [0, 0.05) is 17.2 Å². The topological polar surface area (TPSA) is 26.0 Å². The Morgan fingerprint density at radius 3 is 2.24 bits per heavy atom. The van der Waals surface area contributed by atoms with Gasteiger partial charge >= 0.3 is 0 Å². The Balaban J connectivity index is 0.000000686. The van der Waals surface area contributed by atoms with Crippen LogP contribution >= 0.6 is 0 Å². The van der Waals surface area contributed by atoms with Gasteiger partial charge < -0.3 is 4.52 Å². The second kappa shape index (κ2) is 6.55. The maximum absolute atomic E-state index is 5.16. The van der Waals surface area contributed by atoms with Crippen LogP contribution in [0, 0.1) is 18.8 Å². The molecule has 2 heteroatoms. The van der Waals surface area contributed by atoms with E-state index in [1.807, 2.05) is 58.0 Å². The van der Waals surface area contributed by atoms with E-state index >= 15 is 0 Å². The van der Waals surface area contributed by atoms with Gasteiger partial charge in [0.25, 0.3) is 0 Å². The molecule has 0 amide bonds. The molecule has 0 saturated carbocycles. The molecule has 0 aliphatic rings. The highest BCUT2D eigenvalue weighted by molar-refractivity contribution is 5.58. The molecule has 1 heterocycles. The first-order valence-corrected chi connectivity index (χ1v) is 5.76. The normalized spacial score (nSPS) is 8.71. The van der Waals surface area contributed by atoms with Crippen LogP contribution in [0.15, 0.2) is 34.9 Å². The smallest absolute Gasteiger partial charge is 0.167 e. The zero-order chi connectivity index (χ0) is 12.7. The second-order valence-electron chi connectivity index (χ2n) is 3.28. The Bertz CT molecular complexity index is 512. The summed E-state index contributed by atoms with van der Waals surface area (Å²) in [7, 11) is 0. The van der Waals surface area contributed by atoms with Crippen molar-refractivity contribution in [3.05, 3.63) is 41.6 Å². The van der Waals surface area contributed by atoms with Gasteiger partial charge in [0.05, 0.1) is 5.69 Å². The molecular formula is C15H17NO. The van der Waals surface area contributed by atoms with E-state index in [0.717, 1.165) is 22.6 Å². The van der Waals surface area contributed by atoms with Crippen LogP contribution in [0.5, 0.6) is 0 Å². The summed E-state index contributed by atoms with van der Waals surface area (Å²) in [6, 6.07) is 9.84. The highest BCUT2D eigenvalue weighted by atomic mass is 16.5. The van der Waals surface area contributed by atoms with Gasteiger partial charge in [0.2, 0.25) is 0 Å². The average molecular weight is 227 g/mol. The Hall–Kier alpha value is -2.01. The molecule has 17 heavy (non-hydrogen) atoms. The predicted molar refractivity (Wildman–Crippen MR) is 70.6 cm³/mol. The van der Waals surface area contributed by atoms with E-state index in [1.165, 1.54) is 0 Å². The van der Waals surface area contributed by atoms with Gasteiger partial charge in [0.15, 0.2) is 5.76 Å². The zero-order valence-corrected chi connectivity index (χ0v) is 10.7. The molecule has 0 spiro atoms. The molecule has 1 aromatic carbocycles. The Morgan fingerprint density at radius 1 is 1.12 bits per heavy atom. The van der Waals surface area contributed by atoms with Crippen LogP contribution in [-0.2, 0) is 0 Å². The van der Waals surface area contributed by atoms with Crippen molar-refractivity contribution in [2.45, 2.75) is 27.7 Å². The Morgan fingerprint density at radius 2 is 1.76 bits per heavy atom. The van der Waals surface area contributed by atoms with Crippen molar-refractivity contribution >= 4 is 0 Å². The van der Waals surface area contributed by atoms with Crippen molar-refractivity contribution in [2.75, 3.05) is 0 Å². The molecule has 0 radical (unpaired) electrons. The fourth-order valence-corrected chi connectivity index (χ4v) is 1.36. The lowest BCUT2D eigenvalue weighted by Crippen LogP contribution is -1.76. The fraction of sp³-hybridized carbons (Fsp3) is 0.267. The number of benzene rings is 1. The van der Waals surface area contributed by atoms with E-state index < -0.39 is 0 Å². The first kappa shape index (κ1) is 13.1. The van der Waals surface area contributed by atoms with E-state index in [1.54, 1.807) is 0 Å². The number of hydrogen-bond acceptors (Lipinski definition) is 2. The molecule has 0 bridgehead atoms. The molecule has 0 unspecified atom stereocenters. The minimum absolute atomic E-state index is 0.795. The van der Waals surface area contributed by atoms with E-state index in [4.69, 9.17) is 4.52 Å². The van der Waals surface area contributed by atoms with Gasteiger partial charge in [0.1, 0.15) is 0 Å². The number of hydrogen-bond donors (Lipinski definition) is 0. The SMILES string of the molecule is CC.CC#Cc1ccc(-c2cc(C)no2)cc1. The summed E-state index contributed by atoms with van der Waals surface area (Å²) in [4.78, 5) is 0. The van der Waals surface area contributed by atoms with Gasteiger partial charge in [-0.05, 0) is 38.1 Å². The van der Waals surface area contributed by atoms with Crippen LogP contribution in [-0.4, -0.2) is 5.16 Å². The number of aromatic nitrogens is 1. The number of rotatable bonds is 1. The van der Waals surface area contributed by atoms with Crippen molar-refractivity contribution in [1.82, 2.24) is 5.16 Å². The molecule has 0 atom stereocenters. The molecule has 2 aromatic rings. The zero-order valence-electron chi connectivity index (χ0n) is 10.7. The van der Waals surface area contributed by atoms with Crippen molar-refractivity contribution in [3.8, 4) is 23.2 Å².